The second-order valence-corrected chi connectivity index (χ2v) is 4.20. The van der Waals surface area contributed by atoms with E-state index in [9.17, 15) is 9.18 Å². The third-order valence-corrected chi connectivity index (χ3v) is 2.45. The van der Waals surface area contributed by atoms with Crippen molar-refractivity contribution in [1.82, 2.24) is 0 Å². The Morgan fingerprint density at radius 1 is 1.24 bits per heavy atom. The molecule has 1 aromatic carbocycles. The third kappa shape index (κ3) is 8.06. The summed E-state index contributed by atoms with van der Waals surface area (Å²) < 4.78 is 28.9. The normalized spacial score (nSPS) is 11.0. The van der Waals surface area contributed by atoms with Gasteiger partial charge in [-0.3, -0.25) is 0 Å². The van der Waals surface area contributed by atoms with E-state index >= 15 is 0 Å². The Bertz CT molecular complexity index is 473. The van der Waals surface area contributed by atoms with E-state index in [1.807, 2.05) is 0 Å². The van der Waals surface area contributed by atoms with Crippen LogP contribution in [-0.2, 0) is 14.3 Å². The van der Waals surface area contributed by atoms with E-state index in [2.05, 4.69) is 0 Å². The lowest BCUT2D eigenvalue weighted by atomic mass is 10.2. The molecule has 0 fully saturated rings. The van der Waals surface area contributed by atoms with Gasteiger partial charge in [0.2, 0.25) is 0 Å². The van der Waals surface area contributed by atoms with Crippen molar-refractivity contribution >= 4 is 12.0 Å². The van der Waals surface area contributed by atoms with Crippen molar-refractivity contribution in [2.75, 3.05) is 33.5 Å². The maximum Gasteiger partial charge on any atom is 0.328 e. The molecule has 21 heavy (non-hydrogen) atoms. The van der Waals surface area contributed by atoms with Crippen LogP contribution < -0.4 is 4.74 Å². The van der Waals surface area contributed by atoms with Gasteiger partial charge < -0.3 is 19.3 Å². The van der Waals surface area contributed by atoms with Gasteiger partial charge in [-0.2, -0.15) is 0 Å². The second kappa shape index (κ2) is 9.90. The summed E-state index contributed by atoms with van der Waals surface area (Å²) in [7, 11) is 1.63. The molecule has 0 spiro atoms. The predicted octanol–water partition coefficient (Wildman–Crippen LogP) is 2.36. The van der Waals surface area contributed by atoms with Crippen molar-refractivity contribution in [2.45, 2.75) is 6.42 Å². The molecule has 0 unspecified atom stereocenters. The van der Waals surface area contributed by atoms with Crippen LogP contribution in [0.25, 0.3) is 6.08 Å². The first kappa shape index (κ1) is 17.1. The van der Waals surface area contributed by atoms with Gasteiger partial charge in [0.05, 0.1) is 6.61 Å². The maximum atomic E-state index is 13.4. The number of ether oxygens (including phenoxy) is 3. The average Bonchev–Trinajstić information content (AvgIpc) is 2.44. The summed E-state index contributed by atoms with van der Waals surface area (Å²) in [6, 6.07) is 4.03. The van der Waals surface area contributed by atoms with E-state index in [1.54, 1.807) is 13.2 Å². The van der Waals surface area contributed by atoms with E-state index in [1.165, 1.54) is 18.2 Å². The van der Waals surface area contributed by atoms with Crippen LogP contribution in [0, 0.1) is 5.82 Å². The molecular weight excluding hydrogens is 279 g/mol. The largest absolute Gasteiger partial charge is 0.491 e. The number of hydrogen-bond donors (Lipinski definition) is 1. The topological polar surface area (TPSA) is 65.0 Å². The fourth-order valence-corrected chi connectivity index (χ4v) is 1.56. The van der Waals surface area contributed by atoms with Crippen molar-refractivity contribution in [3.05, 3.63) is 35.7 Å². The van der Waals surface area contributed by atoms with Crippen LogP contribution in [0.4, 0.5) is 4.39 Å². The lowest BCUT2D eigenvalue weighted by molar-refractivity contribution is -0.131. The molecule has 0 saturated carbocycles. The zero-order chi connectivity index (χ0) is 15.5. The summed E-state index contributed by atoms with van der Waals surface area (Å²) in [5.41, 5.74) is 0.424. The Labute approximate surface area is 122 Å². The monoisotopic (exact) mass is 298 g/mol. The highest BCUT2D eigenvalue weighted by molar-refractivity contribution is 5.85. The molecule has 0 saturated heterocycles. The van der Waals surface area contributed by atoms with E-state index < -0.39 is 11.8 Å². The molecule has 0 aliphatic carbocycles. The van der Waals surface area contributed by atoms with Gasteiger partial charge in [0.15, 0.2) is 0 Å². The standard InChI is InChI=1S/C15H19FO5/c1-19-5-2-6-20-7-8-21-14-10-12(3-4-15(17)18)9-13(16)11-14/h3-4,9-11H,2,5-8H2,1H3,(H,17,18)/b4-3+. The fourth-order valence-electron chi connectivity index (χ4n) is 1.56. The summed E-state index contributed by atoms with van der Waals surface area (Å²) in [6.45, 7) is 1.90. The molecule has 0 heterocycles. The van der Waals surface area contributed by atoms with Crippen LogP contribution in [0.3, 0.4) is 0 Å². The molecule has 1 N–H and O–H groups in total. The molecule has 1 aromatic rings. The Morgan fingerprint density at radius 2 is 2.05 bits per heavy atom. The highest BCUT2D eigenvalue weighted by Crippen LogP contribution is 2.17. The predicted molar refractivity (Wildman–Crippen MR) is 75.9 cm³/mol. The van der Waals surface area contributed by atoms with Crippen molar-refractivity contribution in [2.24, 2.45) is 0 Å². The molecule has 116 valence electrons. The summed E-state index contributed by atoms with van der Waals surface area (Å²) in [4.78, 5) is 10.4. The van der Waals surface area contributed by atoms with Crippen LogP contribution in [0.15, 0.2) is 24.3 Å². The number of carboxylic acids is 1. The Morgan fingerprint density at radius 3 is 2.76 bits per heavy atom. The van der Waals surface area contributed by atoms with Crippen molar-refractivity contribution in [1.29, 1.82) is 0 Å². The molecule has 1 rings (SSSR count). The zero-order valence-corrected chi connectivity index (χ0v) is 11.9. The van der Waals surface area contributed by atoms with Crippen molar-refractivity contribution in [3.63, 3.8) is 0 Å². The number of hydrogen-bond acceptors (Lipinski definition) is 4. The minimum absolute atomic E-state index is 0.290. The number of rotatable bonds is 10. The lowest BCUT2D eigenvalue weighted by Gasteiger charge is -2.08. The van der Waals surface area contributed by atoms with Gasteiger partial charge in [-0.05, 0) is 30.2 Å². The van der Waals surface area contributed by atoms with E-state index in [0.717, 1.165) is 12.5 Å². The third-order valence-electron chi connectivity index (χ3n) is 2.45. The summed E-state index contributed by atoms with van der Waals surface area (Å²) in [5.74, 6) is -1.25. The van der Waals surface area contributed by atoms with Crippen LogP contribution in [0.1, 0.15) is 12.0 Å². The van der Waals surface area contributed by atoms with Gasteiger partial charge in [0.1, 0.15) is 18.2 Å². The fraction of sp³-hybridized carbons (Fsp3) is 0.400. The van der Waals surface area contributed by atoms with Crippen LogP contribution in [-0.4, -0.2) is 44.6 Å². The highest BCUT2D eigenvalue weighted by Gasteiger charge is 2.01. The molecule has 0 radical (unpaired) electrons. The zero-order valence-electron chi connectivity index (χ0n) is 11.9. The maximum absolute atomic E-state index is 13.4. The van der Waals surface area contributed by atoms with Crippen LogP contribution in [0.5, 0.6) is 5.75 Å². The Hall–Kier alpha value is -1.92. The number of halogens is 1. The molecule has 5 nitrogen and oxygen atoms in total. The van der Waals surface area contributed by atoms with Crippen LogP contribution >= 0.6 is 0 Å². The Balaban J connectivity index is 2.39. The van der Waals surface area contributed by atoms with Gasteiger partial charge in [-0.1, -0.05) is 0 Å². The van der Waals surface area contributed by atoms with Gasteiger partial charge in [0, 0.05) is 32.5 Å². The first-order valence-corrected chi connectivity index (χ1v) is 6.53. The van der Waals surface area contributed by atoms with E-state index in [-0.39, 0.29) is 0 Å². The minimum Gasteiger partial charge on any atom is -0.491 e. The minimum atomic E-state index is -1.09. The number of benzene rings is 1. The van der Waals surface area contributed by atoms with E-state index in [4.69, 9.17) is 19.3 Å². The average molecular weight is 298 g/mol. The lowest BCUT2D eigenvalue weighted by Crippen LogP contribution is -2.08. The highest BCUT2D eigenvalue weighted by atomic mass is 19.1. The number of carbonyl (C=O) groups is 1. The number of aliphatic carboxylic acids is 1. The van der Waals surface area contributed by atoms with Gasteiger partial charge in [-0.15, -0.1) is 0 Å². The van der Waals surface area contributed by atoms with Crippen molar-refractivity contribution in [3.8, 4) is 5.75 Å². The molecule has 0 amide bonds. The number of carboxylic acid groups (broad SMARTS) is 1. The number of methoxy groups -OCH3 is 1. The summed E-state index contributed by atoms with van der Waals surface area (Å²) in [6.07, 6.45) is 3.05. The van der Waals surface area contributed by atoms with Gasteiger partial charge in [0.25, 0.3) is 0 Å². The Kier molecular flexibility index (Phi) is 8.08. The summed E-state index contributed by atoms with van der Waals surface area (Å²) >= 11 is 0. The van der Waals surface area contributed by atoms with Gasteiger partial charge in [-0.25, -0.2) is 9.18 Å². The summed E-state index contributed by atoms with van der Waals surface area (Å²) in [5, 5.41) is 8.54. The first-order valence-electron chi connectivity index (χ1n) is 6.53. The first-order chi connectivity index (χ1) is 10.1. The van der Waals surface area contributed by atoms with Gasteiger partial charge >= 0.3 is 5.97 Å². The molecule has 0 aliphatic heterocycles. The molecule has 0 aromatic heterocycles. The SMILES string of the molecule is COCCCOCCOc1cc(F)cc(/C=C/C(=O)O)c1. The van der Waals surface area contributed by atoms with Crippen molar-refractivity contribution < 1.29 is 28.5 Å². The smallest absolute Gasteiger partial charge is 0.328 e. The molecule has 6 heteroatoms. The molecule has 0 bridgehead atoms. The molecule has 0 atom stereocenters. The molecular formula is C15H19FO5. The second-order valence-electron chi connectivity index (χ2n) is 4.20. The molecule has 0 aliphatic rings. The quantitative estimate of drug-likeness (QED) is 0.530. The van der Waals surface area contributed by atoms with E-state index in [0.29, 0.717) is 37.7 Å². The van der Waals surface area contributed by atoms with Crippen LogP contribution in [0.2, 0.25) is 0 Å².